The van der Waals surface area contributed by atoms with Crippen LogP contribution in [0.1, 0.15) is 15.9 Å². The largest absolute Gasteiger partial charge is 0.497 e. The summed E-state index contributed by atoms with van der Waals surface area (Å²) in [6.07, 6.45) is 0. The Morgan fingerprint density at radius 1 is 0.903 bits per heavy atom. The van der Waals surface area contributed by atoms with Crippen LogP contribution in [0.3, 0.4) is 0 Å². The maximum absolute atomic E-state index is 12.9. The number of methoxy groups -OCH3 is 1. The lowest BCUT2D eigenvalue weighted by Gasteiger charge is -2.10. The molecular formula is C24H20N2O5. The number of ether oxygens (including phenoxy) is 2. The number of hydrogen-bond acceptors (Lipinski definition) is 7. The standard InChI is InChI=1S/C24H20N2O5/c1-13-22(27)20-8-7-19(30-24(28)15-9-16(25)11-17(26)10-15)12-21(20)31-23(13)14-3-5-18(29-2)6-4-14/h3-12H,25-26H2,1-2H3. The van der Waals surface area contributed by atoms with E-state index in [1.807, 2.05) is 12.1 Å². The second kappa shape index (κ2) is 7.87. The Balaban J connectivity index is 1.73. The van der Waals surface area contributed by atoms with E-state index in [0.29, 0.717) is 39.4 Å². The number of benzene rings is 3. The van der Waals surface area contributed by atoms with Crippen LogP contribution in [0, 0.1) is 6.92 Å². The van der Waals surface area contributed by atoms with E-state index >= 15 is 0 Å². The number of nitrogens with two attached hydrogens (primary N) is 2. The van der Waals surface area contributed by atoms with Crippen LogP contribution in [-0.2, 0) is 0 Å². The van der Waals surface area contributed by atoms with Crippen molar-refractivity contribution in [3.05, 3.63) is 82.0 Å². The number of fused-ring (bicyclic) bond motifs is 1. The van der Waals surface area contributed by atoms with Crippen LogP contribution in [0.2, 0.25) is 0 Å². The average Bonchev–Trinajstić information content (AvgIpc) is 2.75. The fourth-order valence-electron chi connectivity index (χ4n) is 3.31. The Morgan fingerprint density at radius 3 is 2.19 bits per heavy atom. The molecule has 4 rings (SSSR count). The van der Waals surface area contributed by atoms with E-state index in [4.69, 9.17) is 25.4 Å². The number of anilines is 2. The van der Waals surface area contributed by atoms with E-state index in [0.717, 1.165) is 5.56 Å². The van der Waals surface area contributed by atoms with Gasteiger partial charge in [0.25, 0.3) is 0 Å². The van der Waals surface area contributed by atoms with Crippen LogP contribution in [0.5, 0.6) is 11.5 Å². The number of esters is 1. The average molecular weight is 416 g/mol. The summed E-state index contributed by atoms with van der Waals surface area (Å²) >= 11 is 0. The molecule has 0 aliphatic carbocycles. The lowest BCUT2D eigenvalue weighted by Crippen LogP contribution is -2.10. The van der Waals surface area contributed by atoms with Crippen molar-refractivity contribution in [1.82, 2.24) is 0 Å². The molecule has 0 radical (unpaired) electrons. The topological polar surface area (TPSA) is 118 Å². The van der Waals surface area contributed by atoms with Crippen LogP contribution >= 0.6 is 0 Å². The zero-order valence-electron chi connectivity index (χ0n) is 17.0. The summed E-state index contributed by atoms with van der Waals surface area (Å²) in [4.78, 5) is 25.3. The molecule has 1 aromatic heterocycles. The monoisotopic (exact) mass is 416 g/mol. The third-order valence-electron chi connectivity index (χ3n) is 4.87. The summed E-state index contributed by atoms with van der Waals surface area (Å²) in [5, 5.41) is 0.391. The van der Waals surface area contributed by atoms with E-state index in [1.54, 1.807) is 44.4 Å². The van der Waals surface area contributed by atoms with E-state index in [1.165, 1.54) is 18.2 Å². The van der Waals surface area contributed by atoms with Gasteiger partial charge in [-0.25, -0.2) is 4.79 Å². The first-order valence-electron chi connectivity index (χ1n) is 9.46. The SMILES string of the molecule is COc1ccc(-c2oc3cc(OC(=O)c4cc(N)cc(N)c4)ccc3c(=O)c2C)cc1. The predicted octanol–water partition coefficient (Wildman–Crippen LogP) is 4.16. The van der Waals surface area contributed by atoms with Gasteiger partial charge in [-0.2, -0.15) is 0 Å². The second-order valence-corrected chi connectivity index (χ2v) is 7.05. The zero-order chi connectivity index (χ0) is 22.1. The lowest BCUT2D eigenvalue weighted by molar-refractivity contribution is 0.0735. The molecule has 0 spiro atoms. The van der Waals surface area contributed by atoms with Crippen molar-refractivity contribution in [3.63, 3.8) is 0 Å². The highest BCUT2D eigenvalue weighted by Crippen LogP contribution is 2.29. The zero-order valence-corrected chi connectivity index (χ0v) is 17.0. The minimum absolute atomic E-state index is 0.159. The van der Waals surface area contributed by atoms with Crippen LogP contribution in [-0.4, -0.2) is 13.1 Å². The van der Waals surface area contributed by atoms with Gasteiger partial charge in [0.2, 0.25) is 0 Å². The number of rotatable bonds is 4. The fourth-order valence-corrected chi connectivity index (χ4v) is 3.31. The smallest absolute Gasteiger partial charge is 0.343 e. The van der Waals surface area contributed by atoms with Crippen molar-refractivity contribution in [2.24, 2.45) is 0 Å². The van der Waals surface area contributed by atoms with Crippen molar-refractivity contribution in [3.8, 4) is 22.8 Å². The molecule has 0 amide bonds. The molecule has 0 atom stereocenters. The molecular weight excluding hydrogens is 396 g/mol. The molecule has 0 aliphatic rings. The van der Waals surface area contributed by atoms with E-state index in [9.17, 15) is 9.59 Å². The van der Waals surface area contributed by atoms with E-state index in [-0.39, 0.29) is 16.7 Å². The van der Waals surface area contributed by atoms with Gasteiger partial charge in [0.1, 0.15) is 22.8 Å². The fraction of sp³-hybridized carbons (Fsp3) is 0.0833. The summed E-state index contributed by atoms with van der Waals surface area (Å²) in [5.74, 6) is 0.738. The highest BCUT2D eigenvalue weighted by atomic mass is 16.5. The van der Waals surface area contributed by atoms with Gasteiger partial charge in [0.15, 0.2) is 5.43 Å². The number of hydrogen-bond donors (Lipinski definition) is 2. The minimum atomic E-state index is -0.622. The number of carbonyl (C=O) groups excluding carboxylic acids is 1. The van der Waals surface area contributed by atoms with E-state index < -0.39 is 5.97 Å². The molecule has 4 aromatic rings. The number of carbonyl (C=O) groups is 1. The van der Waals surface area contributed by atoms with Crippen LogP contribution in [0.4, 0.5) is 11.4 Å². The highest BCUT2D eigenvalue weighted by molar-refractivity contribution is 5.93. The van der Waals surface area contributed by atoms with Crippen molar-refractivity contribution in [2.75, 3.05) is 18.6 Å². The normalized spacial score (nSPS) is 10.8. The van der Waals surface area contributed by atoms with Gasteiger partial charge in [-0.15, -0.1) is 0 Å². The molecule has 1 heterocycles. The molecule has 0 saturated carbocycles. The molecule has 3 aromatic carbocycles. The first kappa shape index (κ1) is 20.0. The quantitative estimate of drug-likeness (QED) is 0.291. The summed E-state index contributed by atoms with van der Waals surface area (Å²) in [5.41, 5.74) is 13.8. The maximum atomic E-state index is 12.9. The Kier molecular flexibility index (Phi) is 5.09. The van der Waals surface area contributed by atoms with Gasteiger partial charge in [0, 0.05) is 28.6 Å². The molecule has 31 heavy (non-hydrogen) atoms. The lowest BCUT2D eigenvalue weighted by atomic mass is 10.1. The van der Waals surface area contributed by atoms with E-state index in [2.05, 4.69) is 0 Å². The summed E-state index contributed by atoms with van der Waals surface area (Å²) in [7, 11) is 1.58. The first-order chi connectivity index (χ1) is 14.9. The third kappa shape index (κ3) is 3.93. The number of nitrogen functional groups attached to an aromatic ring is 2. The summed E-state index contributed by atoms with van der Waals surface area (Å²) < 4.78 is 16.6. The Morgan fingerprint density at radius 2 is 1.55 bits per heavy atom. The molecule has 0 saturated heterocycles. The minimum Gasteiger partial charge on any atom is -0.497 e. The molecule has 156 valence electrons. The molecule has 7 heteroatoms. The van der Waals surface area contributed by atoms with Gasteiger partial charge in [0.05, 0.1) is 18.1 Å². The summed E-state index contributed by atoms with van der Waals surface area (Å²) in [6, 6.07) is 16.3. The predicted molar refractivity (Wildman–Crippen MR) is 119 cm³/mol. The van der Waals surface area contributed by atoms with Crippen molar-refractivity contribution in [1.29, 1.82) is 0 Å². The first-order valence-corrected chi connectivity index (χ1v) is 9.46. The van der Waals surface area contributed by atoms with Crippen LogP contribution < -0.4 is 26.4 Å². The molecule has 0 aliphatic heterocycles. The Bertz CT molecular complexity index is 1340. The van der Waals surface area contributed by atoms with Gasteiger partial charge < -0.3 is 25.4 Å². The molecule has 4 N–H and O–H groups in total. The van der Waals surface area contributed by atoms with Crippen LogP contribution in [0.15, 0.2) is 69.9 Å². The van der Waals surface area contributed by atoms with Gasteiger partial charge in [-0.05, 0) is 61.5 Å². The van der Waals surface area contributed by atoms with Gasteiger partial charge >= 0.3 is 5.97 Å². The highest BCUT2D eigenvalue weighted by Gasteiger charge is 2.15. The second-order valence-electron chi connectivity index (χ2n) is 7.05. The van der Waals surface area contributed by atoms with Crippen LogP contribution in [0.25, 0.3) is 22.3 Å². The Hall–Kier alpha value is -4.26. The van der Waals surface area contributed by atoms with Crippen molar-refractivity contribution < 1.29 is 18.7 Å². The molecule has 0 bridgehead atoms. The van der Waals surface area contributed by atoms with Crippen molar-refractivity contribution >= 4 is 28.3 Å². The maximum Gasteiger partial charge on any atom is 0.343 e. The third-order valence-corrected chi connectivity index (χ3v) is 4.87. The molecule has 0 unspecified atom stereocenters. The van der Waals surface area contributed by atoms with Gasteiger partial charge in [-0.1, -0.05) is 0 Å². The summed E-state index contributed by atoms with van der Waals surface area (Å²) in [6.45, 7) is 1.71. The molecule has 7 nitrogen and oxygen atoms in total. The van der Waals surface area contributed by atoms with Gasteiger partial charge in [-0.3, -0.25) is 4.79 Å². The molecule has 0 fully saturated rings. The Labute approximate surface area is 177 Å². The van der Waals surface area contributed by atoms with Crippen molar-refractivity contribution in [2.45, 2.75) is 6.92 Å².